The molecule has 0 aliphatic carbocycles. The first-order valence-corrected chi connectivity index (χ1v) is 4.31. The van der Waals surface area contributed by atoms with Crippen LogP contribution < -0.4 is 0 Å². The van der Waals surface area contributed by atoms with Crippen molar-refractivity contribution in [3.8, 4) is 0 Å². The van der Waals surface area contributed by atoms with Gasteiger partial charge in [-0.1, -0.05) is 0 Å². The van der Waals surface area contributed by atoms with Crippen molar-refractivity contribution in [1.29, 1.82) is 0 Å². The molecule has 0 spiro atoms. The van der Waals surface area contributed by atoms with Crippen molar-refractivity contribution < 1.29 is 23.2 Å². The summed E-state index contributed by atoms with van der Waals surface area (Å²) in [7, 11) is -4.53. The zero-order valence-corrected chi connectivity index (χ0v) is 6.62. The lowest BCUT2D eigenvalue weighted by Gasteiger charge is -2.22. The summed E-state index contributed by atoms with van der Waals surface area (Å²) in [5.41, 5.74) is 0. The molecule has 0 atom stereocenters. The molecule has 0 aromatic rings. The van der Waals surface area contributed by atoms with E-state index in [4.69, 9.17) is 10.2 Å². The number of aliphatic hydroxyl groups excluding tert-OH is 2. The summed E-state index contributed by atoms with van der Waals surface area (Å²) in [6, 6.07) is 0. The fourth-order valence-corrected chi connectivity index (χ4v) is 1.17. The Morgan fingerprint density at radius 3 is 1.73 bits per heavy atom. The number of hydrogen-bond acceptors (Lipinski definition) is 5. The zero-order valence-electron chi connectivity index (χ0n) is 5.80. The molecule has 68 valence electrons. The van der Waals surface area contributed by atoms with E-state index in [1.807, 2.05) is 0 Å². The zero-order chi connectivity index (χ0) is 8.91. The SMILES string of the molecule is O=S(=O)([O-])N(CCO)CCO. The highest BCUT2D eigenvalue weighted by Gasteiger charge is 2.09. The molecule has 0 aliphatic rings. The van der Waals surface area contributed by atoms with Gasteiger partial charge in [-0.2, -0.15) is 0 Å². The topological polar surface area (TPSA) is 101 Å². The predicted molar refractivity (Wildman–Crippen MR) is 35.4 cm³/mol. The average Bonchev–Trinajstić information content (AvgIpc) is 1.85. The monoisotopic (exact) mass is 184 g/mol. The van der Waals surface area contributed by atoms with Crippen LogP contribution in [0.2, 0.25) is 0 Å². The van der Waals surface area contributed by atoms with Crippen molar-refractivity contribution >= 4 is 10.3 Å². The van der Waals surface area contributed by atoms with E-state index in [-0.39, 0.29) is 13.1 Å². The Labute approximate surface area is 64.9 Å². The van der Waals surface area contributed by atoms with Crippen LogP contribution in [0.4, 0.5) is 0 Å². The standard InChI is InChI=1S/C4H11NO5S/c6-3-1-5(2-4-7)11(8,9)10/h6-7H,1-4H2,(H,8,9,10)/p-1. The summed E-state index contributed by atoms with van der Waals surface area (Å²) in [5.74, 6) is 0. The largest absolute Gasteiger partial charge is 0.735 e. The highest BCUT2D eigenvalue weighted by molar-refractivity contribution is 7.83. The fraction of sp³-hybridized carbons (Fsp3) is 1.00. The second-order valence-corrected chi connectivity index (χ2v) is 3.18. The minimum absolute atomic E-state index is 0.271. The predicted octanol–water partition coefficient (Wildman–Crippen LogP) is -2.27. The molecular weight excluding hydrogens is 174 g/mol. The molecule has 0 rings (SSSR count). The van der Waals surface area contributed by atoms with Gasteiger partial charge in [-0.05, 0) is 0 Å². The number of hydrogen-bond donors (Lipinski definition) is 2. The van der Waals surface area contributed by atoms with Crippen LogP contribution in [0.25, 0.3) is 0 Å². The Kier molecular flexibility index (Phi) is 4.54. The van der Waals surface area contributed by atoms with Crippen LogP contribution in [0, 0.1) is 0 Å². The van der Waals surface area contributed by atoms with Crippen molar-refractivity contribution in [2.24, 2.45) is 0 Å². The van der Waals surface area contributed by atoms with Gasteiger partial charge in [0.05, 0.1) is 13.2 Å². The molecule has 0 amide bonds. The molecule has 11 heavy (non-hydrogen) atoms. The normalized spacial score (nSPS) is 12.4. The molecule has 0 unspecified atom stereocenters. The number of nitrogens with zero attached hydrogens (tertiary/aromatic N) is 1. The van der Waals surface area contributed by atoms with Gasteiger partial charge >= 0.3 is 0 Å². The molecule has 0 radical (unpaired) electrons. The van der Waals surface area contributed by atoms with E-state index >= 15 is 0 Å². The minimum atomic E-state index is -4.53. The summed E-state index contributed by atoms with van der Waals surface area (Å²) in [5, 5.41) is 16.6. The molecule has 6 nitrogen and oxygen atoms in total. The van der Waals surface area contributed by atoms with Crippen molar-refractivity contribution in [2.75, 3.05) is 26.3 Å². The third-order valence-corrected chi connectivity index (χ3v) is 2.01. The Bertz CT molecular complexity index is 183. The van der Waals surface area contributed by atoms with Gasteiger partial charge in [-0.3, -0.25) is 0 Å². The Morgan fingerprint density at radius 1 is 1.18 bits per heavy atom. The van der Waals surface area contributed by atoms with Crippen LogP contribution in [0.3, 0.4) is 0 Å². The molecule has 7 heteroatoms. The summed E-state index contributed by atoms with van der Waals surface area (Å²) in [6.45, 7) is -1.40. The van der Waals surface area contributed by atoms with E-state index in [0.29, 0.717) is 4.31 Å². The second kappa shape index (κ2) is 4.62. The first-order valence-electron chi connectivity index (χ1n) is 2.95. The Balaban J connectivity index is 4.11. The molecule has 0 saturated heterocycles. The number of aliphatic hydroxyl groups is 2. The smallest absolute Gasteiger partial charge is 0.162 e. The lowest BCUT2D eigenvalue weighted by Crippen LogP contribution is -2.35. The maximum atomic E-state index is 10.3. The van der Waals surface area contributed by atoms with Crippen LogP contribution in [0.15, 0.2) is 0 Å². The third-order valence-electron chi connectivity index (χ3n) is 1.02. The molecule has 0 heterocycles. The van der Waals surface area contributed by atoms with Crippen molar-refractivity contribution in [3.05, 3.63) is 0 Å². The summed E-state index contributed by atoms with van der Waals surface area (Å²) in [4.78, 5) is 0. The van der Waals surface area contributed by atoms with Gasteiger partial charge in [0.2, 0.25) is 0 Å². The molecular formula is C4H10NO5S-. The lowest BCUT2D eigenvalue weighted by atomic mass is 10.6. The van der Waals surface area contributed by atoms with Crippen molar-refractivity contribution in [2.45, 2.75) is 0 Å². The van der Waals surface area contributed by atoms with Crippen LogP contribution in [-0.4, -0.2) is 53.8 Å². The van der Waals surface area contributed by atoms with Gasteiger partial charge < -0.3 is 14.8 Å². The van der Waals surface area contributed by atoms with Gasteiger partial charge in [0.25, 0.3) is 0 Å². The average molecular weight is 184 g/mol. The highest BCUT2D eigenvalue weighted by Crippen LogP contribution is 1.94. The fourth-order valence-electron chi connectivity index (χ4n) is 0.558. The van der Waals surface area contributed by atoms with E-state index < -0.39 is 23.5 Å². The van der Waals surface area contributed by atoms with E-state index in [0.717, 1.165) is 0 Å². The molecule has 0 aliphatic heterocycles. The molecule has 0 aromatic heterocycles. The molecule has 2 N–H and O–H groups in total. The van der Waals surface area contributed by atoms with Gasteiger partial charge in [0.1, 0.15) is 0 Å². The Morgan fingerprint density at radius 2 is 1.55 bits per heavy atom. The van der Waals surface area contributed by atoms with Crippen LogP contribution in [-0.2, 0) is 10.3 Å². The molecule has 0 aromatic carbocycles. The van der Waals surface area contributed by atoms with Gasteiger partial charge in [-0.15, -0.1) is 0 Å². The molecule has 0 saturated carbocycles. The lowest BCUT2D eigenvalue weighted by molar-refractivity contribution is 0.206. The Hall–Kier alpha value is -0.210. The molecule has 0 fully saturated rings. The second-order valence-electron chi connectivity index (χ2n) is 1.80. The van der Waals surface area contributed by atoms with Gasteiger partial charge in [0, 0.05) is 13.1 Å². The van der Waals surface area contributed by atoms with Gasteiger partial charge in [0.15, 0.2) is 10.3 Å². The minimum Gasteiger partial charge on any atom is -0.735 e. The maximum absolute atomic E-state index is 10.3. The first kappa shape index (κ1) is 10.8. The highest BCUT2D eigenvalue weighted by atomic mass is 32.2. The van der Waals surface area contributed by atoms with Crippen LogP contribution in [0.5, 0.6) is 0 Å². The molecule has 0 bridgehead atoms. The van der Waals surface area contributed by atoms with Crippen molar-refractivity contribution in [1.82, 2.24) is 4.31 Å². The van der Waals surface area contributed by atoms with E-state index in [1.54, 1.807) is 0 Å². The van der Waals surface area contributed by atoms with Gasteiger partial charge in [-0.25, -0.2) is 12.7 Å². The quantitative estimate of drug-likeness (QED) is 0.469. The maximum Gasteiger partial charge on any atom is 0.162 e. The van der Waals surface area contributed by atoms with E-state index in [9.17, 15) is 13.0 Å². The number of rotatable bonds is 5. The summed E-state index contributed by atoms with van der Waals surface area (Å²) >= 11 is 0. The van der Waals surface area contributed by atoms with E-state index in [1.165, 1.54) is 0 Å². The van der Waals surface area contributed by atoms with E-state index in [2.05, 4.69) is 0 Å². The third kappa shape index (κ3) is 4.27. The van der Waals surface area contributed by atoms with Crippen LogP contribution >= 0.6 is 0 Å². The first-order chi connectivity index (χ1) is 5.02. The van der Waals surface area contributed by atoms with Crippen molar-refractivity contribution in [3.63, 3.8) is 0 Å². The van der Waals surface area contributed by atoms with Crippen LogP contribution in [0.1, 0.15) is 0 Å². The summed E-state index contributed by atoms with van der Waals surface area (Å²) in [6.07, 6.45) is 0. The summed E-state index contributed by atoms with van der Waals surface area (Å²) < 4.78 is 31.2.